The number of carbonyl (C=O) groups is 1. The number of ether oxygens (including phenoxy) is 1. The lowest BCUT2D eigenvalue weighted by Crippen LogP contribution is -2.21. The summed E-state index contributed by atoms with van der Waals surface area (Å²) in [6.45, 7) is 2.25. The number of nitrogens with one attached hydrogen (secondary N) is 1. The fourth-order valence-corrected chi connectivity index (χ4v) is 1.34. The number of benzene rings is 1. The Bertz CT molecular complexity index is 366. The van der Waals surface area contributed by atoms with Crippen molar-refractivity contribution in [2.45, 2.75) is 13.3 Å². The Hall–Kier alpha value is -1.42. The summed E-state index contributed by atoms with van der Waals surface area (Å²) in [5, 5.41) is 2.71. The number of rotatable bonds is 5. The number of likely N-dealkylation sites (N-methyl/N-ethyl adjacent to an activating group) is 1. The zero-order chi connectivity index (χ0) is 12.0. The van der Waals surface area contributed by atoms with Crippen molar-refractivity contribution < 1.29 is 13.9 Å². The second-order valence-corrected chi connectivity index (χ2v) is 3.58. The van der Waals surface area contributed by atoms with E-state index in [-0.39, 0.29) is 18.3 Å². The first-order chi connectivity index (χ1) is 7.63. The Morgan fingerprint density at radius 1 is 1.50 bits per heavy atom. The molecule has 0 aliphatic heterocycles. The van der Waals surface area contributed by atoms with E-state index in [9.17, 15) is 9.18 Å². The highest BCUT2D eigenvalue weighted by Crippen LogP contribution is 2.09. The maximum Gasteiger partial charge on any atom is 0.319 e. The van der Waals surface area contributed by atoms with Gasteiger partial charge in [0.15, 0.2) is 0 Å². The van der Waals surface area contributed by atoms with Gasteiger partial charge in [-0.25, -0.2) is 4.39 Å². The van der Waals surface area contributed by atoms with E-state index in [1.807, 2.05) is 0 Å². The van der Waals surface area contributed by atoms with Crippen LogP contribution < -0.4 is 5.32 Å². The highest BCUT2D eigenvalue weighted by atomic mass is 19.1. The van der Waals surface area contributed by atoms with Gasteiger partial charge in [0.25, 0.3) is 0 Å². The molecular formula is C12H16FNO2. The van der Waals surface area contributed by atoms with Crippen LogP contribution in [-0.2, 0) is 16.0 Å². The summed E-state index contributed by atoms with van der Waals surface area (Å²) in [5.74, 6) is -0.489. The van der Waals surface area contributed by atoms with Crippen molar-refractivity contribution in [1.29, 1.82) is 0 Å². The molecule has 0 radical (unpaired) electrons. The summed E-state index contributed by atoms with van der Waals surface area (Å²) in [5.41, 5.74) is 1.58. The van der Waals surface area contributed by atoms with Crippen LogP contribution in [0.4, 0.5) is 4.39 Å². The monoisotopic (exact) mass is 225 g/mol. The van der Waals surface area contributed by atoms with Gasteiger partial charge in [-0.15, -0.1) is 0 Å². The van der Waals surface area contributed by atoms with Crippen LogP contribution in [0.1, 0.15) is 11.1 Å². The molecule has 0 unspecified atom stereocenters. The molecule has 0 fully saturated rings. The SMILES string of the molecule is CNCC(=O)OCCc1ccc(F)c(C)c1. The normalized spacial score (nSPS) is 10.2. The van der Waals surface area contributed by atoms with E-state index < -0.39 is 0 Å². The molecule has 0 heterocycles. The number of hydrogen-bond acceptors (Lipinski definition) is 3. The molecule has 0 saturated heterocycles. The minimum atomic E-state index is -0.277. The quantitative estimate of drug-likeness (QED) is 0.771. The van der Waals surface area contributed by atoms with Crippen molar-refractivity contribution >= 4 is 5.97 Å². The van der Waals surface area contributed by atoms with Gasteiger partial charge in [0.2, 0.25) is 0 Å². The number of esters is 1. The number of aryl methyl sites for hydroxylation is 1. The van der Waals surface area contributed by atoms with Gasteiger partial charge < -0.3 is 10.1 Å². The summed E-state index contributed by atoms with van der Waals surface area (Å²) >= 11 is 0. The van der Waals surface area contributed by atoms with Crippen LogP contribution in [0.15, 0.2) is 18.2 Å². The van der Waals surface area contributed by atoms with Gasteiger partial charge in [-0.05, 0) is 31.2 Å². The molecule has 0 atom stereocenters. The average Bonchev–Trinajstić information content (AvgIpc) is 2.24. The van der Waals surface area contributed by atoms with E-state index in [0.29, 0.717) is 18.6 Å². The third-order valence-electron chi connectivity index (χ3n) is 2.20. The third-order valence-corrected chi connectivity index (χ3v) is 2.20. The molecule has 1 rings (SSSR count). The molecule has 0 amide bonds. The van der Waals surface area contributed by atoms with Gasteiger partial charge >= 0.3 is 5.97 Å². The molecule has 1 aromatic carbocycles. The fraction of sp³-hybridized carbons (Fsp3) is 0.417. The van der Waals surface area contributed by atoms with E-state index in [1.54, 1.807) is 26.1 Å². The highest BCUT2D eigenvalue weighted by molar-refractivity contribution is 5.71. The predicted octanol–water partition coefficient (Wildman–Crippen LogP) is 1.44. The van der Waals surface area contributed by atoms with Crippen molar-refractivity contribution in [2.24, 2.45) is 0 Å². The van der Waals surface area contributed by atoms with Crippen LogP contribution in [0.2, 0.25) is 0 Å². The molecule has 1 N–H and O–H groups in total. The molecular weight excluding hydrogens is 209 g/mol. The topological polar surface area (TPSA) is 38.3 Å². The first kappa shape index (κ1) is 12.6. The first-order valence-corrected chi connectivity index (χ1v) is 5.18. The van der Waals surface area contributed by atoms with Crippen molar-refractivity contribution in [3.05, 3.63) is 35.1 Å². The maximum absolute atomic E-state index is 13.0. The minimum Gasteiger partial charge on any atom is -0.464 e. The Labute approximate surface area is 94.6 Å². The molecule has 4 heteroatoms. The summed E-state index contributed by atoms with van der Waals surface area (Å²) in [7, 11) is 1.69. The molecule has 0 bridgehead atoms. The van der Waals surface area contributed by atoms with E-state index >= 15 is 0 Å². The molecule has 0 aromatic heterocycles. The van der Waals surface area contributed by atoms with Gasteiger partial charge in [0.1, 0.15) is 5.82 Å². The van der Waals surface area contributed by atoms with Crippen LogP contribution >= 0.6 is 0 Å². The summed E-state index contributed by atoms with van der Waals surface area (Å²) in [4.78, 5) is 11.0. The van der Waals surface area contributed by atoms with Gasteiger partial charge in [-0.3, -0.25) is 4.79 Å². The van der Waals surface area contributed by atoms with Crippen LogP contribution in [0.3, 0.4) is 0 Å². The lowest BCUT2D eigenvalue weighted by atomic mass is 10.1. The van der Waals surface area contributed by atoms with E-state index in [4.69, 9.17) is 4.74 Å². The summed E-state index contributed by atoms with van der Waals surface area (Å²) in [6, 6.07) is 4.90. The zero-order valence-corrected chi connectivity index (χ0v) is 9.55. The third kappa shape index (κ3) is 3.98. The predicted molar refractivity (Wildman–Crippen MR) is 59.7 cm³/mol. The lowest BCUT2D eigenvalue weighted by Gasteiger charge is -2.05. The standard InChI is InChI=1S/C12H16FNO2/c1-9-7-10(3-4-11(9)13)5-6-16-12(15)8-14-2/h3-4,7,14H,5-6,8H2,1-2H3. The molecule has 88 valence electrons. The lowest BCUT2D eigenvalue weighted by molar-refractivity contribution is -0.142. The van der Waals surface area contributed by atoms with E-state index in [2.05, 4.69) is 5.32 Å². The smallest absolute Gasteiger partial charge is 0.319 e. The van der Waals surface area contributed by atoms with Gasteiger partial charge in [0.05, 0.1) is 13.2 Å². The second kappa shape index (κ2) is 6.23. The van der Waals surface area contributed by atoms with Crippen molar-refractivity contribution in [3.8, 4) is 0 Å². The van der Waals surface area contributed by atoms with Crippen molar-refractivity contribution in [2.75, 3.05) is 20.2 Å². The highest BCUT2D eigenvalue weighted by Gasteiger charge is 2.02. The van der Waals surface area contributed by atoms with Gasteiger partial charge in [-0.1, -0.05) is 12.1 Å². The van der Waals surface area contributed by atoms with E-state index in [0.717, 1.165) is 5.56 Å². The molecule has 3 nitrogen and oxygen atoms in total. The van der Waals surface area contributed by atoms with Crippen LogP contribution in [0.5, 0.6) is 0 Å². The van der Waals surface area contributed by atoms with Crippen molar-refractivity contribution in [3.63, 3.8) is 0 Å². The Balaban J connectivity index is 2.37. The summed E-state index contributed by atoms with van der Waals surface area (Å²) < 4.78 is 17.9. The van der Waals surface area contributed by atoms with Gasteiger partial charge in [-0.2, -0.15) is 0 Å². The molecule has 0 aliphatic carbocycles. The van der Waals surface area contributed by atoms with Crippen LogP contribution in [-0.4, -0.2) is 26.2 Å². The zero-order valence-electron chi connectivity index (χ0n) is 9.55. The Morgan fingerprint density at radius 3 is 2.88 bits per heavy atom. The van der Waals surface area contributed by atoms with E-state index in [1.165, 1.54) is 6.07 Å². The number of halogens is 1. The Morgan fingerprint density at radius 2 is 2.25 bits per heavy atom. The van der Waals surface area contributed by atoms with Gasteiger partial charge in [0, 0.05) is 6.42 Å². The van der Waals surface area contributed by atoms with Crippen molar-refractivity contribution in [1.82, 2.24) is 5.32 Å². The molecule has 0 spiro atoms. The molecule has 0 saturated carbocycles. The summed E-state index contributed by atoms with van der Waals surface area (Å²) in [6.07, 6.45) is 0.608. The average molecular weight is 225 g/mol. The second-order valence-electron chi connectivity index (χ2n) is 3.58. The van der Waals surface area contributed by atoms with Crippen LogP contribution in [0.25, 0.3) is 0 Å². The van der Waals surface area contributed by atoms with Crippen LogP contribution in [0, 0.1) is 12.7 Å². The Kier molecular flexibility index (Phi) is 4.92. The minimum absolute atomic E-state index is 0.211. The number of hydrogen-bond donors (Lipinski definition) is 1. The fourth-order valence-electron chi connectivity index (χ4n) is 1.34. The molecule has 1 aromatic rings. The first-order valence-electron chi connectivity index (χ1n) is 5.18. The molecule has 0 aliphatic rings. The molecule has 16 heavy (non-hydrogen) atoms. The maximum atomic E-state index is 13.0. The number of carbonyl (C=O) groups excluding carboxylic acids is 1. The largest absolute Gasteiger partial charge is 0.464 e.